The molecular weight excluding hydrogens is 158 g/mol. The molecule has 0 spiro atoms. The average Bonchev–Trinajstić information content (AvgIpc) is 2.11. The molecule has 1 heterocycles. The first-order chi connectivity index (χ1) is 6.20. The molecule has 0 amide bonds. The van der Waals surface area contributed by atoms with Gasteiger partial charge in [-0.25, -0.2) is 0 Å². The third-order valence-electron chi connectivity index (χ3n) is 2.59. The predicted octanol–water partition coefficient (Wildman–Crippen LogP) is 3.58. The lowest BCUT2D eigenvalue weighted by atomic mass is 9.98. The van der Waals surface area contributed by atoms with Crippen LogP contribution < -0.4 is 0 Å². The molecule has 0 aromatic carbocycles. The van der Waals surface area contributed by atoms with Gasteiger partial charge in [0.25, 0.3) is 0 Å². The monoisotopic (exact) mass is 177 g/mol. The summed E-state index contributed by atoms with van der Waals surface area (Å²) in [6.07, 6.45) is 10.8. The van der Waals surface area contributed by atoms with E-state index in [1.165, 1.54) is 5.57 Å². The van der Waals surface area contributed by atoms with Gasteiger partial charge in [-0.2, -0.15) is 0 Å². The summed E-state index contributed by atoms with van der Waals surface area (Å²) >= 11 is 0. The molecule has 0 saturated heterocycles. The summed E-state index contributed by atoms with van der Waals surface area (Å²) in [5.41, 5.74) is 1.37. The maximum absolute atomic E-state index is 4.29. The quantitative estimate of drug-likeness (QED) is 0.501. The highest BCUT2D eigenvalue weighted by Gasteiger charge is 2.02. The Kier molecular flexibility index (Phi) is 3.94. The van der Waals surface area contributed by atoms with Gasteiger partial charge in [-0.1, -0.05) is 31.6 Å². The molecule has 0 aromatic heterocycles. The SMILES string of the molecule is C/C1=C/N=C\CC(C)/C=C\CC1C. The van der Waals surface area contributed by atoms with Gasteiger partial charge < -0.3 is 0 Å². The molecule has 0 aliphatic carbocycles. The topological polar surface area (TPSA) is 12.4 Å². The molecule has 1 aliphatic rings. The second-order valence-electron chi connectivity index (χ2n) is 3.98. The number of rotatable bonds is 0. The van der Waals surface area contributed by atoms with Crippen LogP contribution in [0.2, 0.25) is 0 Å². The summed E-state index contributed by atoms with van der Waals surface area (Å²) in [7, 11) is 0. The zero-order valence-corrected chi connectivity index (χ0v) is 8.83. The zero-order valence-electron chi connectivity index (χ0n) is 8.83. The Morgan fingerprint density at radius 2 is 2.08 bits per heavy atom. The molecule has 1 rings (SSSR count). The van der Waals surface area contributed by atoms with Crippen LogP contribution in [0, 0.1) is 11.8 Å². The Balaban J connectivity index is 2.71. The van der Waals surface area contributed by atoms with E-state index in [1.807, 2.05) is 12.4 Å². The molecule has 0 N–H and O–H groups in total. The van der Waals surface area contributed by atoms with Crippen molar-refractivity contribution >= 4 is 6.21 Å². The molecule has 2 atom stereocenters. The molecule has 2 unspecified atom stereocenters. The normalized spacial score (nSPS) is 38.8. The standard InChI is InChI=1S/C12H19N/c1-10-5-4-6-11(2)12(3)9-13-8-7-10/h4-5,8-11H,6-7H2,1-3H3/b5-4-,12-9-,13-8-. The molecule has 0 saturated carbocycles. The number of nitrogens with zero attached hydrogens (tertiary/aromatic N) is 1. The van der Waals surface area contributed by atoms with Gasteiger partial charge in [0, 0.05) is 12.4 Å². The van der Waals surface area contributed by atoms with Crippen molar-refractivity contribution in [3.63, 3.8) is 0 Å². The van der Waals surface area contributed by atoms with Crippen molar-refractivity contribution < 1.29 is 0 Å². The second kappa shape index (κ2) is 5.00. The highest BCUT2D eigenvalue weighted by atomic mass is 14.7. The molecule has 1 nitrogen and oxygen atoms in total. The minimum atomic E-state index is 0.624. The van der Waals surface area contributed by atoms with Crippen LogP contribution in [0.3, 0.4) is 0 Å². The highest BCUT2D eigenvalue weighted by molar-refractivity contribution is 5.58. The van der Waals surface area contributed by atoms with E-state index in [2.05, 4.69) is 37.9 Å². The van der Waals surface area contributed by atoms with Crippen LogP contribution in [0.15, 0.2) is 28.9 Å². The Labute approximate surface area is 81.3 Å². The van der Waals surface area contributed by atoms with Crippen molar-refractivity contribution in [3.8, 4) is 0 Å². The van der Waals surface area contributed by atoms with E-state index in [4.69, 9.17) is 0 Å². The first-order valence-electron chi connectivity index (χ1n) is 5.05. The lowest BCUT2D eigenvalue weighted by molar-refractivity contribution is 0.680. The molecule has 13 heavy (non-hydrogen) atoms. The largest absolute Gasteiger partial charge is 0.269 e. The maximum Gasteiger partial charge on any atom is 0.0255 e. The number of hydrogen-bond donors (Lipinski definition) is 0. The summed E-state index contributed by atoms with van der Waals surface area (Å²) < 4.78 is 0. The molecule has 72 valence electrons. The van der Waals surface area contributed by atoms with Gasteiger partial charge in [0.2, 0.25) is 0 Å². The van der Waals surface area contributed by atoms with E-state index in [-0.39, 0.29) is 0 Å². The average molecular weight is 177 g/mol. The van der Waals surface area contributed by atoms with E-state index in [0.29, 0.717) is 11.8 Å². The van der Waals surface area contributed by atoms with E-state index in [1.54, 1.807) is 0 Å². The number of allylic oxidation sites excluding steroid dienone is 3. The minimum absolute atomic E-state index is 0.624. The number of hydrogen-bond acceptors (Lipinski definition) is 1. The van der Waals surface area contributed by atoms with Gasteiger partial charge in [-0.3, -0.25) is 4.99 Å². The molecule has 0 fully saturated rings. The van der Waals surface area contributed by atoms with Gasteiger partial charge in [-0.05, 0) is 31.6 Å². The van der Waals surface area contributed by atoms with E-state index < -0.39 is 0 Å². The smallest absolute Gasteiger partial charge is 0.0255 e. The minimum Gasteiger partial charge on any atom is -0.269 e. The molecule has 1 aliphatic heterocycles. The fourth-order valence-corrected chi connectivity index (χ4v) is 1.30. The third kappa shape index (κ3) is 3.58. The Morgan fingerprint density at radius 3 is 2.85 bits per heavy atom. The molecule has 1 heteroatoms. The van der Waals surface area contributed by atoms with Crippen molar-refractivity contribution in [2.45, 2.75) is 33.6 Å². The van der Waals surface area contributed by atoms with Crippen molar-refractivity contribution in [1.29, 1.82) is 0 Å². The van der Waals surface area contributed by atoms with Crippen LogP contribution in [0.5, 0.6) is 0 Å². The first kappa shape index (κ1) is 10.2. The van der Waals surface area contributed by atoms with Gasteiger partial charge >= 0.3 is 0 Å². The lowest BCUT2D eigenvalue weighted by Gasteiger charge is -2.10. The van der Waals surface area contributed by atoms with E-state index in [0.717, 1.165) is 12.8 Å². The lowest BCUT2D eigenvalue weighted by Crippen LogP contribution is -1.97. The van der Waals surface area contributed by atoms with Crippen molar-refractivity contribution in [2.75, 3.05) is 0 Å². The zero-order chi connectivity index (χ0) is 9.68. The fraction of sp³-hybridized carbons (Fsp3) is 0.583. The van der Waals surface area contributed by atoms with Crippen LogP contribution in [-0.2, 0) is 0 Å². The summed E-state index contributed by atoms with van der Waals surface area (Å²) in [6, 6.07) is 0. The fourth-order valence-electron chi connectivity index (χ4n) is 1.30. The van der Waals surface area contributed by atoms with Crippen molar-refractivity contribution in [2.24, 2.45) is 16.8 Å². The van der Waals surface area contributed by atoms with Gasteiger partial charge in [0.1, 0.15) is 0 Å². The van der Waals surface area contributed by atoms with Crippen LogP contribution in [0.25, 0.3) is 0 Å². The van der Waals surface area contributed by atoms with Crippen LogP contribution in [-0.4, -0.2) is 6.21 Å². The maximum atomic E-state index is 4.29. The van der Waals surface area contributed by atoms with Crippen LogP contribution >= 0.6 is 0 Å². The number of aliphatic imine (C=N–C) groups is 1. The van der Waals surface area contributed by atoms with Crippen LogP contribution in [0.1, 0.15) is 33.6 Å². The van der Waals surface area contributed by atoms with E-state index in [9.17, 15) is 0 Å². The van der Waals surface area contributed by atoms with Gasteiger partial charge in [0.05, 0.1) is 0 Å². The van der Waals surface area contributed by atoms with Gasteiger partial charge in [-0.15, -0.1) is 0 Å². The summed E-state index contributed by atoms with van der Waals surface area (Å²) in [6.45, 7) is 6.63. The summed E-state index contributed by atoms with van der Waals surface area (Å²) in [4.78, 5) is 4.29. The summed E-state index contributed by atoms with van der Waals surface area (Å²) in [5, 5.41) is 0. The molecule has 0 radical (unpaired) electrons. The van der Waals surface area contributed by atoms with Crippen LogP contribution in [0.4, 0.5) is 0 Å². The molecular formula is C12H19N. The first-order valence-corrected chi connectivity index (χ1v) is 5.05. The van der Waals surface area contributed by atoms with E-state index >= 15 is 0 Å². The predicted molar refractivity (Wildman–Crippen MR) is 59.0 cm³/mol. The second-order valence-corrected chi connectivity index (χ2v) is 3.98. The Morgan fingerprint density at radius 1 is 1.31 bits per heavy atom. The Hall–Kier alpha value is -0.850. The van der Waals surface area contributed by atoms with Crippen molar-refractivity contribution in [3.05, 3.63) is 23.9 Å². The third-order valence-corrected chi connectivity index (χ3v) is 2.59. The molecule has 0 bridgehead atoms. The van der Waals surface area contributed by atoms with Crippen molar-refractivity contribution in [1.82, 2.24) is 0 Å². The highest BCUT2D eigenvalue weighted by Crippen LogP contribution is 2.16. The molecule has 0 aromatic rings. The van der Waals surface area contributed by atoms with Gasteiger partial charge in [0.15, 0.2) is 0 Å². The summed E-state index contributed by atoms with van der Waals surface area (Å²) in [5.74, 6) is 1.25. The Bertz CT molecular complexity index is 236.